The summed E-state index contributed by atoms with van der Waals surface area (Å²) in [6.07, 6.45) is 3.86. The van der Waals surface area contributed by atoms with E-state index in [0.29, 0.717) is 11.5 Å². The van der Waals surface area contributed by atoms with Crippen LogP contribution >= 0.6 is 0 Å². The van der Waals surface area contributed by atoms with E-state index in [0.717, 1.165) is 49.2 Å². The topological polar surface area (TPSA) is 49.1 Å². The molecule has 108 valence electrons. The van der Waals surface area contributed by atoms with Crippen molar-refractivity contribution in [3.8, 4) is 6.07 Å². The van der Waals surface area contributed by atoms with E-state index >= 15 is 0 Å². The van der Waals surface area contributed by atoms with Gasteiger partial charge in [0.2, 0.25) is 0 Å². The Balaban J connectivity index is 1.95. The van der Waals surface area contributed by atoms with Crippen LogP contribution in [-0.2, 0) is 4.74 Å². The lowest BCUT2D eigenvalue weighted by Gasteiger charge is -2.29. The molecule has 4 nitrogen and oxygen atoms in total. The summed E-state index contributed by atoms with van der Waals surface area (Å²) >= 11 is 0. The smallest absolute Gasteiger partial charge is 0.103 e. The SMILES string of the molecule is CN(CC1CCOCC1)c1c(C#N)cnc2ccccc12. The number of nitriles is 1. The lowest BCUT2D eigenvalue weighted by Crippen LogP contribution is -2.30. The van der Waals surface area contributed by atoms with Crippen molar-refractivity contribution in [2.45, 2.75) is 12.8 Å². The normalized spacial score (nSPS) is 15.8. The van der Waals surface area contributed by atoms with Crippen molar-refractivity contribution in [1.29, 1.82) is 5.26 Å². The Morgan fingerprint density at radius 3 is 2.86 bits per heavy atom. The number of nitrogens with zero attached hydrogens (tertiary/aromatic N) is 3. The van der Waals surface area contributed by atoms with Crippen molar-refractivity contribution in [2.75, 3.05) is 31.7 Å². The van der Waals surface area contributed by atoms with E-state index in [2.05, 4.69) is 23.0 Å². The average Bonchev–Trinajstić information content (AvgIpc) is 2.54. The van der Waals surface area contributed by atoms with Crippen LogP contribution < -0.4 is 4.90 Å². The summed E-state index contributed by atoms with van der Waals surface area (Å²) in [4.78, 5) is 6.58. The molecule has 0 aliphatic carbocycles. The van der Waals surface area contributed by atoms with Crippen molar-refractivity contribution >= 4 is 16.6 Å². The minimum absolute atomic E-state index is 0.627. The van der Waals surface area contributed by atoms with E-state index in [1.807, 2.05) is 24.3 Å². The van der Waals surface area contributed by atoms with Crippen LogP contribution in [0.4, 0.5) is 5.69 Å². The molecule has 2 aromatic rings. The maximum Gasteiger partial charge on any atom is 0.103 e. The number of hydrogen-bond donors (Lipinski definition) is 0. The summed E-state index contributed by atoms with van der Waals surface area (Å²) in [7, 11) is 2.07. The molecule has 0 unspecified atom stereocenters. The van der Waals surface area contributed by atoms with Crippen LogP contribution in [0.3, 0.4) is 0 Å². The highest BCUT2D eigenvalue weighted by Crippen LogP contribution is 2.29. The van der Waals surface area contributed by atoms with E-state index in [1.54, 1.807) is 6.20 Å². The Bertz CT molecular complexity index is 671. The minimum Gasteiger partial charge on any atom is -0.381 e. The number of benzene rings is 1. The van der Waals surface area contributed by atoms with Crippen LogP contribution in [0.2, 0.25) is 0 Å². The van der Waals surface area contributed by atoms with Crippen molar-refractivity contribution in [3.05, 3.63) is 36.0 Å². The van der Waals surface area contributed by atoms with Gasteiger partial charge in [0, 0.05) is 38.4 Å². The summed E-state index contributed by atoms with van der Waals surface area (Å²) in [5.74, 6) is 0.627. The van der Waals surface area contributed by atoms with Gasteiger partial charge in [-0.3, -0.25) is 4.98 Å². The van der Waals surface area contributed by atoms with Crippen LogP contribution in [0.5, 0.6) is 0 Å². The molecular weight excluding hydrogens is 262 g/mol. The monoisotopic (exact) mass is 281 g/mol. The van der Waals surface area contributed by atoms with Gasteiger partial charge in [0.15, 0.2) is 0 Å². The molecule has 0 radical (unpaired) electrons. The first-order valence-electron chi connectivity index (χ1n) is 7.36. The van der Waals surface area contributed by atoms with E-state index in [1.165, 1.54) is 0 Å². The number of rotatable bonds is 3. The van der Waals surface area contributed by atoms with Gasteiger partial charge in [0.1, 0.15) is 6.07 Å². The fraction of sp³-hybridized carbons (Fsp3) is 0.412. The molecule has 0 saturated carbocycles. The Labute approximate surface area is 125 Å². The Morgan fingerprint density at radius 1 is 1.33 bits per heavy atom. The van der Waals surface area contributed by atoms with Crippen LogP contribution in [0.25, 0.3) is 10.9 Å². The molecule has 0 spiro atoms. The first-order valence-corrected chi connectivity index (χ1v) is 7.36. The summed E-state index contributed by atoms with van der Waals surface area (Å²) < 4.78 is 5.42. The van der Waals surface area contributed by atoms with Gasteiger partial charge in [-0.1, -0.05) is 18.2 Å². The van der Waals surface area contributed by atoms with Gasteiger partial charge >= 0.3 is 0 Å². The molecule has 1 aromatic heterocycles. The maximum absolute atomic E-state index is 9.40. The molecular formula is C17H19N3O. The number of aromatic nitrogens is 1. The van der Waals surface area contributed by atoms with Gasteiger partial charge in [-0.15, -0.1) is 0 Å². The second-order valence-corrected chi connectivity index (χ2v) is 5.59. The summed E-state index contributed by atoms with van der Waals surface area (Å²) in [6, 6.07) is 10.3. The Kier molecular flexibility index (Phi) is 4.03. The van der Waals surface area contributed by atoms with Crippen LogP contribution in [0, 0.1) is 17.2 Å². The first-order chi connectivity index (χ1) is 10.3. The zero-order chi connectivity index (χ0) is 14.7. The summed E-state index contributed by atoms with van der Waals surface area (Å²) in [5.41, 5.74) is 2.57. The van der Waals surface area contributed by atoms with Crippen molar-refractivity contribution in [2.24, 2.45) is 5.92 Å². The van der Waals surface area contributed by atoms with Gasteiger partial charge in [-0.2, -0.15) is 5.26 Å². The molecule has 4 heteroatoms. The average molecular weight is 281 g/mol. The van der Waals surface area contributed by atoms with Gasteiger partial charge in [0.05, 0.1) is 16.8 Å². The molecule has 0 bridgehead atoms. The zero-order valence-corrected chi connectivity index (χ0v) is 12.2. The van der Waals surface area contributed by atoms with Crippen molar-refractivity contribution in [3.63, 3.8) is 0 Å². The second kappa shape index (κ2) is 6.11. The lowest BCUT2D eigenvalue weighted by atomic mass is 9.99. The van der Waals surface area contributed by atoms with Gasteiger partial charge in [-0.25, -0.2) is 0 Å². The van der Waals surface area contributed by atoms with E-state index < -0.39 is 0 Å². The van der Waals surface area contributed by atoms with Crippen LogP contribution in [0.1, 0.15) is 18.4 Å². The molecule has 1 aliphatic rings. The minimum atomic E-state index is 0.627. The first kappa shape index (κ1) is 13.8. The van der Waals surface area contributed by atoms with Crippen molar-refractivity contribution < 1.29 is 4.74 Å². The molecule has 2 heterocycles. The maximum atomic E-state index is 9.40. The van der Waals surface area contributed by atoms with Crippen LogP contribution in [-0.4, -0.2) is 31.8 Å². The molecule has 0 amide bonds. The Hall–Kier alpha value is -2.12. The third kappa shape index (κ3) is 2.84. The zero-order valence-electron chi connectivity index (χ0n) is 12.2. The predicted octanol–water partition coefficient (Wildman–Crippen LogP) is 2.97. The van der Waals surface area contributed by atoms with Gasteiger partial charge in [-0.05, 0) is 24.8 Å². The molecule has 21 heavy (non-hydrogen) atoms. The second-order valence-electron chi connectivity index (χ2n) is 5.59. The summed E-state index contributed by atoms with van der Waals surface area (Å²) in [5, 5.41) is 10.4. The molecule has 1 aliphatic heterocycles. The number of anilines is 1. The molecule has 1 fully saturated rings. The third-order valence-electron chi connectivity index (χ3n) is 4.12. The molecule has 1 aromatic carbocycles. The molecule has 3 rings (SSSR count). The molecule has 0 atom stereocenters. The van der Waals surface area contributed by atoms with Gasteiger partial charge < -0.3 is 9.64 Å². The quantitative estimate of drug-likeness (QED) is 0.868. The van der Waals surface area contributed by atoms with Gasteiger partial charge in [0.25, 0.3) is 0 Å². The number of pyridine rings is 1. The van der Waals surface area contributed by atoms with Crippen LogP contribution in [0.15, 0.2) is 30.5 Å². The number of para-hydroxylation sites is 1. The summed E-state index contributed by atoms with van der Waals surface area (Å²) in [6.45, 7) is 2.65. The highest BCUT2D eigenvalue weighted by molar-refractivity contribution is 5.94. The molecule has 0 N–H and O–H groups in total. The highest BCUT2D eigenvalue weighted by atomic mass is 16.5. The number of ether oxygens (including phenoxy) is 1. The van der Waals surface area contributed by atoms with E-state index in [4.69, 9.17) is 4.74 Å². The lowest BCUT2D eigenvalue weighted by molar-refractivity contribution is 0.0685. The number of hydrogen-bond acceptors (Lipinski definition) is 4. The fourth-order valence-electron chi connectivity index (χ4n) is 3.03. The standard InChI is InChI=1S/C17H19N3O/c1-20(12-13-6-8-21-9-7-13)17-14(10-18)11-19-16-5-3-2-4-15(16)17/h2-5,11,13H,6-9,12H2,1H3. The van der Waals surface area contributed by atoms with E-state index in [9.17, 15) is 5.26 Å². The fourth-order valence-corrected chi connectivity index (χ4v) is 3.03. The van der Waals surface area contributed by atoms with Crippen molar-refractivity contribution in [1.82, 2.24) is 4.98 Å². The Morgan fingerprint density at radius 2 is 2.10 bits per heavy atom. The third-order valence-corrected chi connectivity index (χ3v) is 4.12. The van der Waals surface area contributed by atoms with E-state index in [-0.39, 0.29) is 0 Å². The highest BCUT2D eigenvalue weighted by Gasteiger charge is 2.19. The predicted molar refractivity (Wildman–Crippen MR) is 83.3 cm³/mol. The number of fused-ring (bicyclic) bond motifs is 1. The molecule has 1 saturated heterocycles. The largest absolute Gasteiger partial charge is 0.381 e.